The molecule has 0 bridgehead atoms. The van der Waals surface area contributed by atoms with Gasteiger partial charge in [-0.1, -0.05) is 0 Å². The highest BCUT2D eigenvalue weighted by Crippen LogP contribution is 2.12. The quantitative estimate of drug-likeness (QED) is 0.828. The van der Waals surface area contributed by atoms with Crippen LogP contribution in [0, 0.1) is 0 Å². The molecule has 0 aliphatic carbocycles. The summed E-state index contributed by atoms with van der Waals surface area (Å²) in [5.74, 6) is -1.09. The van der Waals surface area contributed by atoms with E-state index in [0.29, 0.717) is 0 Å². The lowest BCUT2D eigenvalue weighted by Gasteiger charge is -2.19. The summed E-state index contributed by atoms with van der Waals surface area (Å²) in [5.41, 5.74) is -0.318. The molecule has 100 valence electrons. The molecule has 0 amide bonds. The van der Waals surface area contributed by atoms with Crippen LogP contribution in [-0.4, -0.2) is 37.7 Å². The number of aliphatic carboxylic acids is 1. The Hall–Kier alpha value is -1.89. The van der Waals surface area contributed by atoms with Gasteiger partial charge in [-0.05, 0) is 26.8 Å². The van der Waals surface area contributed by atoms with E-state index in [1.54, 1.807) is 20.8 Å². The van der Waals surface area contributed by atoms with Gasteiger partial charge >= 0.3 is 12.1 Å². The van der Waals surface area contributed by atoms with E-state index in [9.17, 15) is 9.59 Å². The average molecular weight is 256 g/mol. The van der Waals surface area contributed by atoms with Crippen LogP contribution in [0.4, 0.5) is 4.79 Å². The molecule has 0 saturated heterocycles. The number of aliphatic hydroxyl groups excluding tert-OH is 1. The third-order valence-corrected chi connectivity index (χ3v) is 1.89. The van der Waals surface area contributed by atoms with Gasteiger partial charge in [-0.15, -0.1) is 0 Å². The lowest BCUT2D eigenvalue weighted by molar-refractivity contribution is -0.136. The minimum atomic E-state index is -1.09. The monoisotopic (exact) mass is 256 g/mol. The Balaban J connectivity index is 3.02. The molecule has 0 radical (unpaired) electrons. The Kier molecular flexibility index (Phi) is 4.07. The van der Waals surface area contributed by atoms with Crippen molar-refractivity contribution in [2.24, 2.45) is 0 Å². The van der Waals surface area contributed by atoms with Crippen molar-refractivity contribution in [2.45, 2.75) is 39.4 Å². The van der Waals surface area contributed by atoms with Crippen LogP contribution in [0.1, 0.15) is 32.2 Å². The van der Waals surface area contributed by atoms with Crippen LogP contribution in [0.3, 0.4) is 0 Å². The fraction of sp³-hybridized carbons (Fsp3) is 0.545. The largest absolute Gasteiger partial charge is 0.481 e. The van der Waals surface area contributed by atoms with Crippen molar-refractivity contribution in [1.82, 2.24) is 9.78 Å². The first-order valence-electron chi connectivity index (χ1n) is 5.37. The average Bonchev–Trinajstić information content (AvgIpc) is 2.57. The maximum Gasteiger partial charge on any atom is 0.435 e. The van der Waals surface area contributed by atoms with Crippen molar-refractivity contribution in [3.05, 3.63) is 17.5 Å². The standard InChI is InChI=1S/C11H16N2O5/c1-11(2,3)18-10(17)13-8(5-9(15)16)4-7(6-14)12-13/h4,14H,5-6H2,1-3H3,(H,15,16). The Labute approximate surface area is 104 Å². The van der Waals surface area contributed by atoms with Crippen LogP contribution in [0.5, 0.6) is 0 Å². The summed E-state index contributed by atoms with van der Waals surface area (Å²) < 4.78 is 5.96. The molecule has 0 fully saturated rings. The number of aliphatic hydroxyl groups is 1. The first-order chi connectivity index (χ1) is 8.23. The zero-order chi connectivity index (χ0) is 13.9. The fourth-order valence-corrected chi connectivity index (χ4v) is 1.30. The van der Waals surface area contributed by atoms with Gasteiger partial charge in [0.05, 0.1) is 24.4 Å². The lowest BCUT2D eigenvalue weighted by atomic mass is 10.2. The van der Waals surface area contributed by atoms with Crippen molar-refractivity contribution in [1.29, 1.82) is 0 Å². The highest BCUT2D eigenvalue weighted by atomic mass is 16.6. The molecule has 1 aromatic heterocycles. The van der Waals surface area contributed by atoms with Gasteiger partial charge in [0.25, 0.3) is 0 Å². The summed E-state index contributed by atoms with van der Waals surface area (Å²) >= 11 is 0. The second-order valence-corrected chi connectivity index (χ2v) is 4.75. The summed E-state index contributed by atoms with van der Waals surface area (Å²) in [6.45, 7) is 4.71. The van der Waals surface area contributed by atoms with Crippen LogP contribution < -0.4 is 0 Å². The van der Waals surface area contributed by atoms with Crippen molar-refractivity contribution in [3.8, 4) is 0 Å². The Bertz CT molecular complexity index is 458. The number of ether oxygens (including phenoxy) is 1. The van der Waals surface area contributed by atoms with Gasteiger partial charge in [-0.25, -0.2) is 4.79 Å². The van der Waals surface area contributed by atoms with Gasteiger partial charge in [0.2, 0.25) is 0 Å². The van der Waals surface area contributed by atoms with Gasteiger partial charge in [0.1, 0.15) is 5.60 Å². The summed E-state index contributed by atoms with van der Waals surface area (Å²) in [5, 5.41) is 21.5. The number of rotatable bonds is 3. The van der Waals surface area contributed by atoms with Crippen LogP contribution in [0.15, 0.2) is 6.07 Å². The molecule has 18 heavy (non-hydrogen) atoms. The zero-order valence-electron chi connectivity index (χ0n) is 10.5. The molecular weight excluding hydrogens is 240 g/mol. The van der Waals surface area contributed by atoms with Crippen LogP contribution >= 0.6 is 0 Å². The fourth-order valence-electron chi connectivity index (χ4n) is 1.30. The topological polar surface area (TPSA) is 102 Å². The van der Waals surface area contributed by atoms with E-state index < -0.39 is 17.7 Å². The summed E-state index contributed by atoms with van der Waals surface area (Å²) in [7, 11) is 0. The highest BCUT2D eigenvalue weighted by molar-refractivity contribution is 5.75. The summed E-state index contributed by atoms with van der Waals surface area (Å²) in [6.07, 6.45) is -1.13. The number of carbonyl (C=O) groups excluding carboxylic acids is 1. The van der Waals surface area contributed by atoms with E-state index in [0.717, 1.165) is 4.68 Å². The number of carboxylic acids is 1. The van der Waals surface area contributed by atoms with E-state index in [1.807, 2.05) is 0 Å². The molecule has 0 aliphatic heterocycles. The van der Waals surface area contributed by atoms with Crippen molar-refractivity contribution < 1.29 is 24.5 Å². The normalized spacial score (nSPS) is 11.3. The minimum Gasteiger partial charge on any atom is -0.481 e. The highest BCUT2D eigenvalue weighted by Gasteiger charge is 2.22. The molecule has 0 aliphatic rings. The molecule has 1 aromatic rings. The Morgan fingerprint density at radius 3 is 2.50 bits per heavy atom. The van der Waals surface area contributed by atoms with E-state index in [2.05, 4.69) is 5.10 Å². The minimum absolute atomic E-state index is 0.167. The molecule has 2 N–H and O–H groups in total. The van der Waals surface area contributed by atoms with Crippen molar-refractivity contribution in [3.63, 3.8) is 0 Å². The third-order valence-electron chi connectivity index (χ3n) is 1.89. The molecule has 0 unspecified atom stereocenters. The summed E-state index contributed by atoms with van der Waals surface area (Å²) in [4.78, 5) is 22.5. The van der Waals surface area contributed by atoms with E-state index in [-0.39, 0.29) is 24.4 Å². The molecule has 1 rings (SSSR count). The van der Waals surface area contributed by atoms with Crippen molar-refractivity contribution >= 4 is 12.1 Å². The van der Waals surface area contributed by atoms with Gasteiger partial charge in [-0.3, -0.25) is 4.79 Å². The number of aromatic nitrogens is 2. The molecule has 0 aromatic carbocycles. The van der Waals surface area contributed by atoms with Crippen LogP contribution in [0.2, 0.25) is 0 Å². The molecule has 7 nitrogen and oxygen atoms in total. The first kappa shape index (κ1) is 14.2. The molecule has 1 heterocycles. The smallest absolute Gasteiger partial charge is 0.435 e. The zero-order valence-corrected chi connectivity index (χ0v) is 10.5. The second-order valence-electron chi connectivity index (χ2n) is 4.75. The lowest BCUT2D eigenvalue weighted by Crippen LogP contribution is -2.29. The third kappa shape index (κ3) is 3.85. The summed E-state index contributed by atoms with van der Waals surface area (Å²) in [6, 6.07) is 1.36. The van der Waals surface area contributed by atoms with E-state index in [1.165, 1.54) is 6.07 Å². The van der Waals surface area contributed by atoms with Crippen LogP contribution in [0.25, 0.3) is 0 Å². The predicted octanol–water partition coefficient (Wildman–Crippen LogP) is 0.786. The second kappa shape index (κ2) is 5.18. The SMILES string of the molecule is CC(C)(C)OC(=O)n1nc(CO)cc1CC(=O)O. The number of carbonyl (C=O) groups is 2. The van der Waals surface area contributed by atoms with Crippen molar-refractivity contribution in [2.75, 3.05) is 0 Å². The number of nitrogens with zero attached hydrogens (tertiary/aromatic N) is 2. The number of carboxylic acid groups (broad SMARTS) is 1. The molecule has 7 heteroatoms. The molecule has 0 saturated carbocycles. The molecule has 0 spiro atoms. The van der Waals surface area contributed by atoms with Gasteiger partial charge in [-0.2, -0.15) is 9.78 Å². The van der Waals surface area contributed by atoms with Crippen LogP contribution in [-0.2, 0) is 22.6 Å². The Morgan fingerprint density at radius 2 is 2.06 bits per heavy atom. The predicted molar refractivity (Wildman–Crippen MR) is 61.1 cm³/mol. The van der Waals surface area contributed by atoms with E-state index >= 15 is 0 Å². The molecule has 0 atom stereocenters. The van der Waals surface area contributed by atoms with E-state index in [4.69, 9.17) is 14.9 Å². The number of hydrogen-bond donors (Lipinski definition) is 2. The Morgan fingerprint density at radius 1 is 1.44 bits per heavy atom. The van der Waals surface area contributed by atoms with Gasteiger partial charge in [0, 0.05) is 0 Å². The maximum atomic E-state index is 11.8. The maximum absolute atomic E-state index is 11.8. The van der Waals surface area contributed by atoms with Gasteiger partial charge < -0.3 is 14.9 Å². The number of hydrogen-bond acceptors (Lipinski definition) is 5. The molecular formula is C11H16N2O5. The first-order valence-corrected chi connectivity index (χ1v) is 5.37. The van der Waals surface area contributed by atoms with Gasteiger partial charge in [0.15, 0.2) is 0 Å².